The van der Waals surface area contributed by atoms with Crippen molar-refractivity contribution in [1.29, 1.82) is 0 Å². The van der Waals surface area contributed by atoms with Gasteiger partial charge in [0.25, 0.3) is 0 Å². The lowest BCUT2D eigenvalue weighted by atomic mass is 10.0. The van der Waals surface area contributed by atoms with Crippen molar-refractivity contribution < 1.29 is 28.3 Å². The fraction of sp³-hybridized carbons (Fsp3) is 0.211. The van der Waals surface area contributed by atoms with Crippen LogP contribution in [0, 0.1) is 10.1 Å². The predicted octanol–water partition coefficient (Wildman–Crippen LogP) is 3.95. The summed E-state index contributed by atoms with van der Waals surface area (Å²) in [6, 6.07) is 7.99. The molecule has 28 heavy (non-hydrogen) atoms. The average Bonchev–Trinajstić information content (AvgIpc) is 3.21. The van der Waals surface area contributed by atoms with Crippen LogP contribution in [-0.2, 0) is 0 Å². The summed E-state index contributed by atoms with van der Waals surface area (Å²) in [5, 5.41) is 11.3. The van der Waals surface area contributed by atoms with Crippen LogP contribution >= 0.6 is 0 Å². The zero-order valence-electron chi connectivity index (χ0n) is 15.7. The van der Waals surface area contributed by atoms with E-state index in [1.165, 1.54) is 47.0 Å². The molecule has 146 valence electrons. The Labute approximate surface area is 160 Å². The van der Waals surface area contributed by atoms with Gasteiger partial charge in [-0.1, -0.05) is 0 Å². The molecule has 0 aliphatic rings. The number of benzene rings is 2. The second-order valence-electron chi connectivity index (χ2n) is 5.59. The first-order chi connectivity index (χ1) is 13.5. The van der Waals surface area contributed by atoms with Crippen LogP contribution in [0.25, 0.3) is 22.6 Å². The van der Waals surface area contributed by atoms with Crippen molar-refractivity contribution in [3.63, 3.8) is 0 Å². The number of hydrogen-bond donors (Lipinski definition) is 0. The van der Waals surface area contributed by atoms with Gasteiger partial charge in [-0.15, -0.1) is 0 Å². The standard InChI is InChI=1S/C19H18N2O7/c1-24-14-6-5-11(7-13(14)21(22)23)18-17(20-10-28-18)12-8-15(25-2)19(27-4)16(9-12)26-3/h5-10H,1-4H3. The van der Waals surface area contributed by atoms with E-state index in [2.05, 4.69) is 4.98 Å². The molecule has 1 aromatic heterocycles. The van der Waals surface area contributed by atoms with Gasteiger partial charge in [-0.2, -0.15) is 0 Å². The number of oxazole rings is 1. The highest BCUT2D eigenvalue weighted by atomic mass is 16.6. The Morgan fingerprint density at radius 2 is 1.54 bits per heavy atom. The zero-order chi connectivity index (χ0) is 20.3. The maximum absolute atomic E-state index is 11.3. The SMILES string of the molecule is COc1ccc(-c2ocnc2-c2cc(OC)c(OC)c(OC)c2)cc1[N+](=O)[O-]. The van der Waals surface area contributed by atoms with Gasteiger partial charge in [0.2, 0.25) is 5.75 Å². The molecule has 0 spiro atoms. The topological polar surface area (TPSA) is 106 Å². The average molecular weight is 386 g/mol. The number of nitro groups is 1. The van der Waals surface area contributed by atoms with Crippen LogP contribution in [0.15, 0.2) is 41.1 Å². The normalized spacial score (nSPS) is 10.4. The van der Waals surface area contributed by atoms with Crippen LogP contribution in [0.4, 0.5) is 5.69 Å². The highest BCUT2D eigenvalue weighted by molar-refractivity contribution is 5.80. The molecule has 0 unspecified atom stereocenters. The number of nitro benzene ring substituents is 1. The van der Waals surface area contributed by atoms with Gasteiger partial charge >= 0.3 is 5.69 Å². The molecule has 3 rings (SSSR count). The summed E-state index contributed by atoms with van der Waals surface area (Å²) < 4.78 is 26.7. The Morgan fingerprint density at radius 1 is 0.893 bits per heavy atom. The molecule has 0 saturated carbocycles. The molecule has 9 nitrogen and oxygen atoms in total. The maximum Gasteiger partial charge on any atom is 0.311 e. The van der Waals surface area contributed by atoms with Gasteiger partial charge < -0.3 is 23.4 Å². The molecule has 0 aliphatic heterocycles. The molecule has 2 aromatic carbocycles. The summed E-state index contributed by atoms with van der Waals surface area (Å²) in [6.45, 7) is 0. The maximum atomic E-state index is 11.3. The van der Waals surface area contributed by atoms with Crippen molar-refractivity contribution in [2.75, 3.05) is 28.4 Å². The Bertz CT molecular complexity index is 988. The van der Waals surface area contributed by atoms with Crippen LogP contribution in [0.3, 0.4) is 0 Å². The van der Waals surface area contributed by atoms with Crippen LogP contribution in [-0.4, -0.2) is 38.3 Å². The van der Waals surface area contributed by atoms with E-state index < -0.39 is 4.92 Å². The lowest BCUT2D eigenvalue weighted by Crippen LogP contribution is -1.96. The summed E-state index contributed by atoms with van der Waals surface area (Å²) in [6.07, 6.45) is 1.27. The van der Waals surface area contributed by atoms with Crippen molar-refractivity contribution in [3.05, 3.63) is 46.8 Å². The second-order valence-corrected chi connectivity index (χ2v) is 5.59. The number of hydrogen-bond acceptors (Lipinski definition) is 8. The molecule has 0 saturated heterocycles. The fourth-order valence-corrected chi connectivity index (χ4v) is 2.85. The van der Waals surface area contributed by atoms with Crippen molar-refractivity contribution >= 4 is 5.69 Å². The van der Waals surface area contributed by atoms with Crippen molar-refractivity contribution in [1.82, 2.24) is 4.98 Å². The third-order valence-electron chi connectivity index (χ3n) is 4.14. The van der Waals surface area contributed by atoms with Crippen molar-refractivity contribution in [3.8, 4) is 45.6 Å². The van der Waals surface area contributed by atoms with Crippen LogP contribution in [0.1, 0.15) is 0 Å². The summed E-state index contributed by atoms with van der Waals surface area (Å²) in [7, 11) is 5.91. The molecular weight excluding hydrogens is 368 g/mol. The molecule has 1 heterocycles. The monoisotopic (exact) mass is 386 g/mol. The molecule has 3 aromatic rings. The lowest BCUT2D eigenvalue weighted by Gasteiger charge is -2.13. The van der Waals surface area contributed by atoms with Gasteiger partial charge in [-0.3, -0.25) is 10.1 Å². The number of aromatic nitrogens is 1. The van der Waals surface area contributed by atoms with E-state index in [9.17, 15) is 10.1 Å². The van der Waals surface area contributed by atoms with Gasteiger partial charge in [0.15, 0.2) is 29.4 Å². The summed E-state index contributed by atoms with van der Waals surface area (Å²) in [4.78, 5) is 15.1. The van der Waals surface area contributed by atoms with Gasteiger partial charge in [-0.05, 0) is 24.3 Å². The predicted molar refractivity (Wildman–Crippen MR) is 100 cm³/mol. The van der Waals surface area contributed by atoms with E-state index >= 15 is 0 Å². The smallest absolute Gasteiger partial charge is 0.311 e. The first-order valence-electron chi connectivity index (χ1n) is 8.10. The van der Waals surface area contributed by atoms with E-state index in [-0.39, 0.29) is 11.4 Å². The quantitative estimate of drug-likeness (QED) is 0.444. The number of rotatable bonds is 7. The number of methoxy groups -OCH3 is 4. The highest BCUT2D eigenvalue weighted by Gasteiger charge is 2.22. The Balaban J connectivity index is 2.16. The molecule has 0 aliphatic carbocycles. The molecule has 0 bridgehead atoms. The molecule has 0 fully saturated rings. The Hall–Kier alpha value is -3.75. The van der Waals surface area contributed by atoms with Gasteiger partial charge in [0.05, 0.1) is 33.4 Å². The van der Waals surface area contributed by atoms with Gasteiger partial charge in [0.1, 0.15) is 5.69 Å². The summed E-state index contributed by atoms with van der Waals surface area (Å²) >= 11 is 0. The number of nitrogens with zero attached hydrogens (tertiary/aromatic N) is 2. The van der Waals surface area contributed by atoms with E-state index in [1.807, 2.05) is 0 Å². The first kappa shape index (κ1) is 19.0. The second kappa shape index (κ2) is 7.87. The number of ether oxygens (including phenoxy) is 4. The van der Waals surface area contributed by atoms with Gasteiger partial charge in [0, 0.05) is 17.2 Å². The molecule has 9 heteroatoms. The molecular formula is C19H18N2O7. The molecule has 0 atom stereocenters. The minimum Gasteiger partial charge on any atom is -0.493 e. The van der Waals surface area contributed by atoms with Crippen molar-refractivity contribution in [2.24, 2.45) is 0 Å². The van der Waals surface area contributed by atoms with Crippen LogP contribution in [0.5, 0.6) is 23.0 Å². The summed E-state index contributed by atoms with van der Waals surface area (Å²) in [5.74, 6) is 1.86. The minimum atomic E-state index is -0.516. The third kappa shape index (κ3) is 3.29. The Morgan fingerprint density at radius 3 is 2.07 bits per heavy atom. The van der Waals surface area contributed by atoms with E-state index in [1.54, 1.807) is 18.2 Å². The van der Waals surface area contributed by atoms with Crippen LogP contribution < -0.4 is 18.9 Å². The minimum absolute atomic E-state index is 0.155. The van der Waals surface area contributed by atoms with E-state index in [0.717, 1.165) is 0 Å². The first-order valence-corrected chi connectivity index (χ1v) is 8.10. The zero-order valence-corrected chi connectivity index (χ0v) is 15.7. The molecule has 0 amide bonds. The summed E-state index contributed by atoms with van der Waals surface area (Å²) in [5.41, 5.74) is 1.41. The third-order valence-corrected chi connectivity index (χ3v) is 4.14. The highest BCUT2D eigenvalue weighted by Crippen LogP contribution is 2.43. The Kier molecular flexibility index (Phi) is 5.35. The molecule has 0 N–H and O–H groups in total. The van der Waals surface area contributed by atoms with E-state index in [4.69, 9.17) is 23.4 Å². The largest absolute Gasteiger partial charge is 0.493 e. The van der Waals surface area contributed by atoms with Crippen LogP contribution in [0.2, 0.25) is 0 Å². The molecule has 0 radical (unpaired) electrons. The van der Waals surface area contributed by atoms with Crippen molar-refractivity contribution in [2.45, 2.75) is 0 Å². The van der Waals surface area contributed by atoms with E-state index in [0.29, 0.717) is 39.8 Å². The lowest BCUT2D eigenvalue weighted by molar-refractivity contribution is -0.385. The fourth-order valence-electron chi connectivity index (χ4n) is 2.85. The van der Waals surface area contributed by atoms with Gasteiger partial charge in [-0.25, -0.2) is 4.98 Å².